The molecule has 1 saturated heterocycles. The maximum atomic E-state index is 14.4. The zero-order valence-electron chi connectivity index (χ0n) is 32.8. The molecule has 4 N–H and O–H groups in total. The summed E-state index contributed by atoms with van der Waals surface area (Å²) < 4.78 is 45.4. The van der Waals surface area contributed by atoms with Crippen LogP contribution >= 0.6 is 0 Å². The number of carboxylic acids is 1. The van der Waals surface area contributed by atoms with Gasteiger partial charge in [-0.05, 0) is 75.8 Å². The largest absolute Gasteiger partial charge is 0.496 e. The molecule has 2 fully saturated rings. The van der Waals surface area contributed by atoms with E-state index in [-0.39, 0.29) is 31.6 Å². The van der Waals surface area contributed by atoms with Crippen molar-refractivity contribution in [2.75, 3.05) is 13.7 Å². The van der Waals surface area contributed by atoms with Gasteiger partial charge in [-0.25, -0.2) is 27.5 Å². The molecule has 2 aromatic carbocycles. The van der Waals surface area contributed by atoms with Gasteiger partial charge >= 0.3 is 18.2 Å². The quantitative estimate of drug-likeness (QED) is 0.294. The fraction of sp³-hybridized carbons (Fsp3) is 0.500. The Kier molecular flexibility index (Phi) is 12.1. The zero-order valence-corrected chi connectivity index (χ0v) is 33.6. The molecule has 4 aliphatic rings. The molecule has 17 nitrogen and oxygen atoms in total. The third-order valence-corrected chi connectivity index (χ3v) is 12.0. The second-order valence-corrected chi connectivity index (χ2v) is 17.7. The van der Waals surface area contributed by atoms with Crippen LogP contribution in [0.3, 0.4) is 0 Å². The molecule has 0 aromatic heterocycles. The van der Waals surface area contributed by atoms with Gasteiger partial charge in [-0.2, -0.15) is 0 Å². The molecule has 0 unspecified atom stereocenters. The number of ether oxygens (including phenoxy) is 3. The summed E-state index contributed by atoms with van der Waals surface area (Å²) in [5.41, 5.74) is -1.13. The van der Waals surface area contributed by atoms with Crippen LogP contribution in [0.1, 0.15) is 87.2 Å². The van der Waals surface area contributed by atoms with Crippen molar-refractivity contribution in [2.24, 2.45) is 5.92 Å². The summed E-state index contributed by atoms with van der Waals surface area (Å²) in [5.74, 6) is -4.65. The number of nitrogens with zero attached hydrogens (tertiary/aromatic N) is 2. The standard InChI is InChI=1S/C40H49N5O12S/c1-39(2,3)57-37(51)41-30-15-9-7-5-6-8-14-26-20-40(26,36(50)43-58(53,54)28-16-17-32(55-4)29(19-28)35(48)49)42-33(46)31-18-27(23-45(31)34(30)47)56-38(52)44-21-24-12-10-11-13-25(24)22-44/h8,10-14,16-17,19,26-27,30-31H,5-7,9,15,18,20-23H2,1-4H3,(H,41,51)(H,42,46)(H,43,50)(H,48,49)/b14-8-/t26-,27-,30+,31+,40-/m1/s1. The van der Waals surface area contributed by atoms with E-state index < -0.39 is 91.6 Å². The Morgan fingerprint density at radius 3 is 2.36 bits per heavy atom. The lowest BCUT2D eigenvalue weighted by Crippen LogP contribution is -2.58. The summed E-state index contributed by atoms with van der Waals surface area (Å²) in [6.07, 6.45) is 3.78. The van der Waals surface area contributed by atoms with E-state index in [2.05, 4.69) is 10.6 Å². The molecule has 0 bridgehead atoms. The molecule has 5 atom stereocenters. The Hall–Kier alpha value is -5.65. The van der Waals surface area contributed by atoms with Gasteiger partial charge in [0, 0.05) is 25.4 Å². The molecule has 3 aliphatic heterocycles. The van der Waals surface area contributed by atoms with Crippen LogP contribution in [0, 0.1) is 5.92 Å². The van der Waals surface area contributed by atoms with E-state index in [0.717, 1.165) is 29.3 Å². The van der Waals surface area contributed by atoms with Crippen LogP contribution in [-0.2, 0) is 47.0 Å². The van der Waals surface area contributed by atoms with Crippen molar-refractivity contribution in [1.29, 1.82) is 0 Å². The summed E-state index contributed by atoms with van der Waals surface area (Å²) in [4.78, 5) is 83.3. The van der Waals surface area contributed by atoms with Crippen molar-refractivity contribution >= 4 is 45.9 Å². The second kappa shape index (κ2) is 16.7. The number of carbonyl (C=O) groups excluding carboxylic acids is 5. The van der Waals surface area contributed by atoms with E-state index in [1.54, 1.807) is 26.8 Å². The fourth-order valence-electron chi connectivity index (χ4n) is 7.59. The molecule has 6 rings (SSSR count). The first-order chi connectivity index (χ1) is 27.4. The van der Waals surface area contributed by atoms with E-state index in [9.17, 15) is 42.3 Å². The van der Waals surface area contributed by atoms with Crippen LogP contribution in [0.4, 0.5) is 9.59 Å². The van der Waals surface area contributed by atoms with Gasteiger partial charge in [-0.15, -0.1) is 0 Å². The second-order valence-electron chi connectivity index (χ2n) is 16.0. The number of nitrogens with one attached hydrogen (secondary N) is 3. The molecular formula is C40H49N5O12S. The van der Waals surface area contributed by atoms with Gasteiger partial charge in [0.15, 0.2) is 0 Å². The van der Waals surface area contributed by atoms with Crippen molar-refractivity contribution in [1.82, 2.24) is 25.2 Å². The fourth-order valence-corrected chi connectivity index (χ4v) is 8.65. The van der Waals surface area contributed by atoms with Gasteiger partial charge < -0.3 is 34.9 Å². The van der Waals surface area contributed by atoms with Crippen molar-refractivity contribution in [3.8, 4) is 5.75 Å². The van der Waals surface area contributed by atoms with Gasteiger partial charge in [0.05, 0.1) is 18.6 Å². The van der Waals surface area contributed by atoms with Gasteiger partial charge in [-0.3, -0.25) is 19.3 Å². The van der Waals surface area contributed by atoms with Crippen LogP contribution in [-0.4, -0.2) is 102 Å². The average molecular weight is 824 g/mol. The van der Waals surface area contributed by atoms with Crippen molar-refractivity contribution in [2.45, 2.75) is 113 Å². The molecule has 0 spiro atoms. The Labute approximate surface area is 336 Å². The van der Waals surface area contributed by atoms with Crippen LogP contribution in [0.25, 0.3) is 0 Å². The predicted molar refractivity (Wildman–Crippen MR) is 206 cm³/mol. The maximum absolute atomic E-state index is 14.4. The minimum Gasteiger partial charge on any atom is -0.496 e. The van der Waals surface area contributed by atoms with Gasteiger partial charge in [0.2, 0.25) is 11.8 Å². The summed E-state index contributed by atoms with van der Waals surface area (Å²) in [7, 11) is -3.44. The maximum Gasteiger partial charge on any atom is 0.410 e. The number of carboxylic acid groups (broad SMARTS) is 1. The number of sulfonamides is 1. The monoisotopic (exact) mass is 823 g/mol. The summed E-state index contributed by atoms with van der Waals surface area (Å²) in [5, 5.41) is 15.0. The van der Waals surface area contributed by atoms with Crippen LogP contribution < -0.4 is 20.1 Å². The molecule has 1 saturated carbocycles. The van der Waals surface area contributed by atoms with E-state index in [1.165, 1.54) is 16.9 Å². The van der Waals surface area contributed by atoms with Crippen LogP contribution in [0.5, 0.6) is 5.75 Å². The highest BCUT2D eigenvalue weighted by Crippen LogP contribution is 2.46. The topological polar surface area (TPSA) is 227 Å². The van der Waals surface area contributed by atoms with E-state index >= 15 is 0 Å². The number of benzene rings is 2. The number of rotatable bonds is 7. The van der Waals surface area contributed by atoms with Gasteiger partial charge in [0.25, 0.3) is 15.9 Å². The average Bonchev–Trinajstić information content (AvgIpc) is 3.45. The lowest BCUT2D eigenvalue weighted by atomic mass is 10.0. The summed E-state index contributed by atoms with van der Waals surface area (Å²) >= 11 is 0. The highest BCUT2D eigenvalue weighted by atomic mass is 32.2. The first-order valence-electron chi connectivity index (χ1n) is 19.2. The third-order valence-electron chi connectivity index (χ3n) is 10.6. The first-order valence-corrected chi connectivity index (χ1v) is 20.7. The van der Waals surface area contributed by atoms with Gasteiger partial charge in [-0.1, -0.05) is 49.3 Å². The number of aromatic carboxylic acids is 1. The third kappa shape index (κ3) is 9.38. The van der Waals surface area contributed by atoms with E-state index in [0.29, 0.717) is 38.8 Å². The van der Waals surface area contributed by atoms with Gasteiger partial charge in [0.1, 0.15) is 40.6 Å². The lowest BCUT2D eigenvalue weighted by Gasteiger charge is -2.30. The van der Waals surface area contributed by atoms with E-state index in [4.69, 9.17) is 14.2 Å². The number of fused-ring (bicyclic) bond motifs is 3. The van der Waals surface area contributed by atoms with E-state index in [1.807, 2.05) is 35.1 Å². The molecule has 1 aliphatic carbocycles. The molecule has 5 amide bonds. The highest BCUT2D eigenvalue weighted by molar-refractivity contribution is 7.90. The molecule has 18 heteroatoms. The van der Waals surface area contributed by atoms with Crippen molar-refractivity contribution in [3.05, 3.63) is 71.3 Å². The Bertz CT molecular complexity index is 2090. The zero-order chi connectivity index (χ0) is 42.0. The minimum atomic E-state index is -4.67. The number of alkyl carbamates (subject to hydrolysis) is 1. The Morgan fingerprint density at radius 2 is 1.71 bits per heavy atom. The van der Waals surface area contributed by atoms with Crippen LogP contribution in [0.15, 0.2) is 59.5 Å². The Morgan fingerprint density at radius 1 is 1.00 bits per heavy atom. The predicted octanol–water partition coefficient (Wildman–Crippen LogP) is 3.61. The SMILES string of the molecule is COc1ccc(S(=O)(=O)NC(=O)[C@@]23C[C@H]2/C=C\CCCCC[C@H](NC(=O)OC(C)(C)C)C(=O)N2C[C@H](OC(=O)N4Cc5ccccc5C4)C[C@H]2C(=O)N3)cc1C(=O)O. The lowest BCUT2D eigenvalue weighted by molar-refractivity contribution is -0.141. The van der Waals surface area contributed by atoms with Crippen molar-refractivity contribution < 1.29 is 56.5 Å². The number of carbonyl (C=O) groups is 6. The molecule has 312 valence electrons. The molecular weight excluding hydrogens is 775 g/mol. The number of allylic oxidation sites excluding steroid dienone is 1. The smallest absolute Gasteiger partial charge is 0.410 e. The molecule has 0 radical (unpaired) electrons. The first kappa shape index (κ1) is 42.0. The summed E-state index contributed by atoms with van der Waals surface area (Å²) in [6.45, 7) is 5.49. The minimum absolute atomic E-state index is 0.0248. The number of hydrogen-bond acceptors (Lipinski definition) is 11. The van der Waals surface area contributed by atoms with Crippen molar-refractivity contribution in [3.63, 3.8) is 0 Å². The normalized spacial score (nSPS) is 25.4. The Balaban J connectivity index is 1.27. The molecule has 3 heterocycles. The molecule has 58 heavy (non-hydrogen) atoms. The number of amides is 5. The summed E-state index contributed by atoms with van der Waals surface area (Å²) in [6, 6.07) is 8.28. The van der Waals surface area contributed by atoms with Crippen LogP contribution in [0.2, 0.25) is 0 Å². The highest BCUT2D eigenvalue weighted by Gasteiger charge is 2.62. The number of hydrogen-bond donors (Lipinski definition) is 4. The molecule has 2 aromatic rings. The number of methoxy groups -OCH3 is 1.